The molecule has 3 saturated heterocycles. The van der Waals surface area contributed by atoms with Gasteiger partial charge in [-0.2, -0.15) is 0 Å². The number of H-pyrrole nitrogens is 3. The van der Waals surface area contributed by atoms with Crippen LogP contribution in [0.25, 0.3) is 0 Å². The number of aromatic amines is 3. The molecule has 3 aliphatic heterocycles. The van der Waals surface area contributed by atoms with E-state index < -0.39 is 53.6 Å². The summed E-state index contributed by atoms with van der Waals surface area (Å²) in [5, 5.41) is 8.32. The lowest BCUT2D eigenvalue weighted by Gasteiger charge is -2.30. The summed E-state index contributed by atoms with van der Waals surface area (Å²) in [6.07, 6.45) is 12.7. The topological polar surface area (TPSA) is 320 Å². The minimum absolute atomic E-state index is 0.164. The van der Waals surface area contributed by atoms with Gasteiger partial charge in [0.25, 0.3) is 5.91 Å². The third-order valence-electron chi connectivity index (χ3n) is 13.4. The molecule has 3 aliphatic rings. The molecule has 0 aliphatic carbocycles. The largest absolute Gasteiger partial charge is 0.348 e. The van der Waals surface area contributed by atoms with Gasteiger partial charge < -0.3 is 30.9 Å². The van der Waals surface area contributed by atoms with Crippen molar-refractivity contribution in [2.45, 2.75) is 116 Å². The lowest BCUT2D eigenvalue weighted by atomic mass is 9.87. The first-order valence-electron chi connectivity index (χ1n) is 26.0. The summed E-state index contributed by atoms with van der Waals surface area (Å²) in [6, 6.07) is 16.8. The average molecular weight is 1130 g/mol. The molecule has 3 fully saturated rings. The van der Waals surface area contributed by atoms with Crippen molar-refractivity contribution < 1.29 is 52.7 Å². The van der Waals surface area contributed by atoms with E-state index in [1.807, 2.05) is 96.1 Å². The molecule has 5 aromatic rings. The molecule has 23 heteroatoms. The van der Waals surface area contributed by atoms with Crippen LogP contribution < -0.4 is 16.0 Å². The number of benzene rings is 2. The molecule has 3 aromatic heterocycles. The predicted octanol–water partition coefficient (Wildman–Crippen LogP) is 3.87. The fraction of sp³-hybridized carbons (Fsp3) is 0.356. The number of allylic oxidation sites excluding steroid dienone is 3. The second-order valence-corrected chi connectivity index (χ2v) is 20.8. The van der Waals surface area contributed by atoms with Gasteiger partial charge in [0.15, 0.2) is 6.29 Å². The zero-order valence-corrected chi connectivity index (χ0v) is 47.7. The van der Waals surface area contributed by atoms with Gasteiger partial charge in [-0.3, -0.25) is 67.4 Å². The van der Waals surface area contributed by atoms with E-state index >= 15 is 0 Å². The second-order valence-electron chi connectivity index (χ2n) is 20.8. The van der Waals surface area contributed by atoms with Gasteiger partial charge in [0, 0.05) is 73.2 Å². The lowest BCUT2D eigenvalue weighted by molar-refractivity contribution is -0.161. The number of nitrogens with zero attached hydrogens (tertiary/aromatic N) is 6. The normalized spacial score (nSPS) is 17.0. The van der Waals surface area contributed by atoms with Crippen molar-refractivity contribution in [3.05, 3.63) is 163 Å². The van der Waals surface area contributed by atoms with Gasteiger partial charge in [-0.15, -0.1) is 19.7 Å². The molecule has 0 saturated carbocycles. The van der Waals surface area contributed by atoms with Crippen LogP contribution in [0.1, 0.15) is 117 Å². The fourth-order valence-electron chi connectivity index (χ4n) is 8.33. The van der Waals surface area contributed by atoms with Crippen LogP contribution >= 0.6 is 0 Å². The molecule has 434 valence electrons. The molecule has 0 bridgehead atoms. The van der Waals surface area contributed by atoms with Gasteiger partial charge in [-0.05, 0) is 5.56 Å². The van der Waals surface area contributed by atoms with Crippen molar-refractivity contribution in [3.8, 4) is 0 Å². The second kappa shape index (κ2) is 29.1. The number of carbonyl (C=O) groups is 11. The number of nitrogens with one attached hydrogen (secondary N) is 6. The van der Waals surface area contributed by atoms with Crippen LogP contribution in [0.3, 0.4) is 0 Å². The van der Waals surface area contributed by atoms with Crippen molar-refractivity contribution >= 4 is 65.7 Å². The van der Waals surface area contributed by atoms with Crippen LogP contribution in [0.2, 0.25) is 0 Å². The van der Waals surface area contributed by atoms with Gasteiger partial charge in [0.05, 0.1) is 36.1 Å². The molecular formula is C59H72N12O11. The van der Waals surface area contributed by atoms with E-state index in [9.17, 15) is 52.7 Å². The van der Waals surface area contributed by atoms with Gasteiger partial charge >= 0.3 is 0 Å². The molecular weight excluding hydrogens is 1050 g/mol. The Morgan fingerprint density at radius 2 is 0.963 bits per heavy atom. The highest BCUT2D eigenvalue weighted by Gasteiger charge is 2.38. The monoisotopic (exact) mass is 1120 g/mol. The van der Waals surface area contributed by atoms with E-state index in [2.05, 4.69) is 65.6 Å². The predicted molar refractivity (Wildman–Crippen MR) is 303 cm³/mol. The maximum Gasteiger partial charge on any atom is 0.252 e. The molecule has 6 heterocycles. The molecule has 0 spiro atoms. The van der Waals surface area contributed by atoms with Gasteiger partial charge in [0.2, 0.25) is 47.3 Å². The first-order chi connectivity index (χ1) is 38.6. The van der Waals surface area contributed by atoms with E-state index in [1.54, 1.807) is 36.9 Å². The van der Waals surface area contributed by atoms with Crippen LogP contribution in [-0.4, -0.2) is 148 Å². The Hall–Kier alpha value is -9.54. The number of piperazine rings is 3. The molecule has 23 nitrogen and oxygen atoms in total. The Labute approximate surface area is 475 Å². The van der Waals surface area contributed by atoms with Crippen molar-refractivity contribution in [2.24, 2.45) is 0 Å². The van der Waals surface area contributed by atoms with E-state index in [0.29, 0.717) is 18.5 Å². The molecule has 3 atom stereocenters. The maximum absolute atomic E-state index is 12.5. The van der Waals surface area contributed by atoms with E-state index in [-0.39, 0.29) is 60.0 Å². The highest BCUT2D eigenvalue weighted by molar-refractivity contribution is 6.08. The number of imidazole rings is 3. The quantitative estimate of drug-likeness (QED) is 0.0680. The zero-order chi connectivity index (χ0) is 61.1. The fourth-order valence-corrected chi connectivity index (χ4v) is 8.33. The van der Waals surface area contributed by atoms with Crippen LogP contribution in [0.4, 0.5) is 0 Å². The first kappa shape index (κ1) is 65.0. The number of hydrogen-bond acceptors (Lipinski definition) is 14. The number of hydrogen-bond donors (Lipinski definition) is 6. The number of aldehydes is 2. The van der Waals surface area contributed by atoms with Crippen molar-refractivity contribution in [1.29, 1.82) is 0 Å². The first-order valence-corrected chi connectivity index (χ1v) is 26.0. The zero-order valence-electron chi connectivity index (χ0n) is 47.7. The summed E-state index contributed by atoms with van der Waals surface area (Å²) in [5.74, 6) is -3.52. The van der Waals surface area contributed by atoms with Crippen LogP contribution in [0.15, 0.2) is 118 Å². The summed E-state index contributed by atoms with van der Waals surface area (Å²) in [4.78, 5) is 149. The summed E-state index contributed by atoms with van der Waals surface area (Å²) in [5.41, 5.74) is 5.27. The smallest absolute Gasteiger partial charge is 0.252 e. The van der Waals surface area contributed by atoms with Crippen molar-refractivity contribution in [3.63, 3.8) is 0 Å². The van der Waals surface area contributed by atoms with Crippen LogP contribution in [-0.2, 0) is 78.7 Å². The Bertz CT molecular complexity index is 3120. The minimum Gasteiger partial charge on any atom is -0.348 e. The van der Waals surface area contributed by atoms with E-state index in [1.165, 1.54) is 27.1 Å². The Morgan fingerprint density at radius 1 is 0.537 bits per heavy atom. The summed E-state index contributed by atoms with van der Waals surface area (Å²) >= 11 is 0. The third kappa shape index (κ3) is 17.5. The molecule has 9 amide bonds. The Kier molecular flexibility index (Phi) is 23.0. The van der Waals surface area contributed by atoms with E-state index in [0.717, 1.165) is 66.9 Å². The standard InChI is InChI=1S/C20H24N4O2.C15H20N4O3.C9H12N2O.C8H10N2O4.C7H6O/c1-4-20(2,3)17-14(21-12-22-17)11-16-19(26)23-15(18(25)24-16)10-13-8-6-5-7-9-13;1-5-15(3,4)13-10(16-8-17-13)6-11-14(22)19(9(2)20)7-12(21)18-11;1-4-9(2,3)8-7(5-12)10-6-11-8;1-5(11)9-3-8(14)10(6(2)12)4-7(9)13;8-6-7-4-2-1-3-5-7/h4-9,12,15-16H,1,10-11H2,2-3H3,(H,21,22)(H,23,26)(H,24,25);5,8,11H,1,6-7H2,2-4H3,(H,16,17)(H,18,21);4-6H,1H2,2-3H3,(H,10,11);3-4H2,1-2H3;1-6H. The van der Waals surface area contributed by atoms with Crippen molar-refractivity contribution in [1.82, 2.24) is 60.6 Å². The summed E-state index contributed by atoms with van der Waals surface area (Å²) in [6.45, 7) is 26.0. The molecule has 6 N–H and O–H groups in total. The number of amides is 9. The van der Waals surface area contributed by atoms with Crippen LogP contribution in [0, 0.1) is 0 Å². The minimum atomic E-state index is -0.773. The molecule has 0 radical (unpaired) electrons. The molecule has 82 heavy (non-hydrogen) atoms. The molecule has 8 rings (SSSR count). The molecule has 2 aromatic carbocycles. The third-order valence-corrected chi connectivity index (χ3v) is 13.4. The molecule has 3 unspecified atom stereocenters. The number of imide groups is 3. The highest BCUT2D eigenvalue weighted by atomic mass is 16.2. The lowest BCUT2D eigenvalue weighted by Crippen LogP contribution is -2.63. The van der Waals surface area contributed by atoms with Gasteiger partial charge in [0.1, 0.15) is 49.7 Å². The number of carbonyl (C=O) groups excluding carboxylic acids is 11. The Balaban J connectivity index is 0.000000233. The average Bonchev–Trinajstić information content (AvgIpc) is 4.40. The van der Waals surface area contributed by atoms with Gasteiger partial charge in [-0.1, -0.05) is 120 Å². The SMILES string of the molecule is C=CC(C)(C)c1[nH]cnc1C=O.C=CC(C)(C)c1nc[nH]c1CC1NC(=O)C(Cc2ccccc2)NC1=O.C=CC(C)(C)c1nc[nH]c1CC1NC(=O)CN(C(C)=O)C1=O.CC(=O)N1CC(=O)N(C(C)=O)CC1=O.O=Cc1ccccc1. The highest BCUT2D eigenvalue weighted by Crippen LogP contribution is 2.28. The summed E-state index contributed by atoms with van der Waals surface area (Å²) in [7, 11) is 0. The summed E-state index contributed by atoms with van der Waals surface area (Å²) < 4.78 is 0. The van der Waals surface area contributed by atoms with Crippen molar-refractivity contribution in [2.75, 3.05) is 19.6 Å². The van der Waals surface area contributed by atoms with E-state index in [4.69, 9.17) is 0 Å². The number of rotatable bonds is 14. The van der Waals surface area contributed by atoms with Gasteiger partial charge in [-0.25, -0.2) is 15.0 Å². The number of aromatic nitrogens is 6. The van der Waals surface area contributed by atoms with Crippen LogP contribution in [0.5, 0.6) is 0 Å². The maximum atomic E-state index is 12.5. The Morgan fingerprint density at radius 3 is 1.38 bits per heavy atom.